The van der Waals surface area contributed by atoms with Gasteiger partial charge in [0.1, 0.15) is 0 Å². The number of methoxy groups -OCH3 is 1. The SMILES string of the molecule is COc1ncccc1CNC1CCCC(CC(C)C)C1. The van der Waals surface area contributed by atoms with Gasteiger partial charge in [0.2, 0.25) is 5.88 Å². The molecule has 112 valence electrons. The Morgan fingerprint density at radius 3 is 3.00 bits per heavy atom. The molecular weight excluding hydrogens is 248 g/mol. The van der Waals surface area contributed by atoms with Crippen molar-refractivity contribution in [3.8, 4) is 5.88 Å². The van der Waals surface area contributed by atoms with Gasteiger partial charge in [-0.1, -0.05) is 32.8 Å². The van der Waals surface area contributed by atoms with Crippen molar-refractivity contribution >= 4 is 0 Å². The highest BCUT2D eigenvalue weighted by Crippen LogP contribution is 2.29. The van der Waals surface area contributed by atoms with E-state index in [-0.39, 0.29) is 0 Å². The summed E-state index contributed by atoms with van der Waals surface area (Å²) in [5.74, 6) is 2.46. The summed E-state index contributed by atoms with van der Waals surface area (Å²) < 4.78 is 5.31. The third-order valence-corrected chi connectivity index (χ3v) is 4.21. The average molecular weight is 276 g/mol. The van der Waals surface area contributed by atoms with Gasteiger partial charge in [-0.15, -0.1) is 0 Å². The van der Waals surface area contributed by atoms with E-state index >= 15 is 0 Å². The molecular formula is C17H28N2O. The van der Waals surface area contributed by atoms with Gasteiger partial charge >= 0.3 is 0 Å². The summed E-state index contributed by atoms with van der Waals surface area (Å²) in [5.41, 5.74) is 1.15. The predicted octanol–water partition coefficient (Wildman–Crippen LogP) is 3.78. The van der Waals surface area contributed by atoms with Gasteiger partial charge in [0.15, 0.2) is 0 Å². The molecule has 3 heteroatoms. The highest BCUT2D eigenvalue weighted by atomic mass is 16.5. The second-order valence-corrected chi connectivity index (χ2v) is 6.41. The lowest BCUT2D eigenvalue weighted by atomic mass is 9.81. The molecule has 3 nitrogen and oxygen atoms in total. The second kappa shape index (κ2) is 7.63. The molecule has 0 radical (unpaired) electrons. The standard InChI is InChI=1S/C17H28N2O/c1-13(2)10-14-6-4-8-16(11-14)19-12-15-7-5-9-18-17(15)20-3/h5,7,9,13-14,16,19H,4,6,8,10-12H2,1-3H3. The number of hydrogen-bond donors (Lipinski definition) is 1. The van der Waals surface area contributed by atoms with Crippen LogP contribution in [-0.2, 0) is 6.54 Å². The van der Waals surface area contributed by atoms with Crippen LogP contribution in [0.4, 0.5) is 0 Å². The summed E-state index contributed by atoms with van der Waals surface area (Å²) in [6, 6.07) is 4.72. The first kappa shape index (κ1) is 15.3. The number of aromatic nitrogens is 1. The van der Waals surface area contributed by atoms with E-state index in [1.54, 1.807) is 13.3 Å². The van der Waals surface area contributed by atoms with Crippen molar-refractivity contribution < 1.29 is 4.74 Å². The largest absolute Gasteiger partial charge is 0.481 e. The van der Waals surface area contributed by atoms with Crippen LogP contribution in [0.5, 0.6) is 5.88 Å². The lowest BCUT2D eigenvalue weighted by Crippen LogP contribution is -2.34. The zero-order valence-corrected chi connectivity index (χ0v) is 13.1. The van der Waals surface area contributed by atoms with Crippen molar-refractivity contribution in [2.45, 2.75) is 58.5 Å². The van der Waals surface area contributed by atoms with E-state index in [9.17, 15) is 0 Å². The van der Waals surface area contributed by atoms with Crippen LogP contribution in [0.2, 0.25) is 0 Å². The first-order valence-electron chi connectivity index (χ1n) is 7.90. The summed E-state index contributed by atoms with van der Waals surface area (Å²) in [5, 5.41) is 3.70. The van der Waals surface area contributed by atoms with Crippen LogP contribution in [0.15, 0.2) is 18.3 Å². The number of nitrogens with zero attached hydrogens (tertiary/aromatic N) is 1. The van der Waals surface area contributed by atoms with Crippen LogP contribution in [0.1, 0.15) is 51.5 Å². The van der Waals surface area contributed by atoms with Gasteiger partial charge in [0.25, 0.3) is 0 Å². The number of hydrogen-bond acceptors (Lipinski definition) is 3. The van der Waals surface area contributed by atoms with Crippen molar-refractivity contribution in [3.63, 3.8) is 0 Å². The number of ether oxygens (including phenoxy) is 1. The van der Waals surface area contributed by atoms with Crippen molar-refractivity contribution in [1.82, 2.24) is 10.3 Å². The molecule has 1 aromatic heterocycles. The molecule has 1 saturated carbocycles. The Labute approximate surface area is 123 Å². The maximum atomic E-state index is 5.31. The van der Waals surface area contributed by atoms with Crippen molar-refractivity contribution in [2.75, 3.05) is 7.11 Å². The topological polar surface area (TPSA) is 34.1 Å². The molecule has 0 amide bonds. The second-order valence-electron chi connectivity index (χ2n) is 6.41. The van der Waals surface area contributed by atoms with Crippen LogP contribution >= 0.6 is 0 Å². The zero-order chi connectivity index (χ0) is 14.4. The molecule has 1 aliphatic carbocycles. The van der Waals surface area contributed by atoms with Gasteiger partial charge in [-0.3, -0.25) is 0 Å². The summed E-state index contributed by atoms with van der Waals surface area (Å²) in [6.45, 7) is 5.52. The molecule has 2 unspecified atom stereocenters. The van der Waals surface area contributed by atoms with Gasteiger partial charge in [-0.25, -0.2) is 4.98 Å². The fraction of sp³-hybridized carbons (Fsp3) is 0.706. The fourth-order valence-corrected chi connectivity index (χ4v) is 3.35. The normalized spacial score (nSPS) is 23.0. The maximum Gasteiger partial charge on any atom is 0.217 e. The van der Waals surface area contributed by atoms with Crippen LogP contribution in [0.3, 0.4) is 0 Å². The van der Waals surface area contributed by atoms with E-state index in [2.05, 4.69) is 30.2 Å². The minimum absolute atomic E-state index is 0.650. The quantitative estimate of drug-likeness (QED) is 0.858. The maximum absolute atomic E-state index is 5.31. The first-order chi connectivity index (χ1) is 9.69. The molecule has 1 aromatic rings. The highest BCUT2D eigenvalue weighted by molar-refractivity contribution is 5.25. The van der Waals surface area contributed by atoms with E-state index in [0.29, 0.717) is 6.04 Å². The molecule has 0 aromatic carbocycles. The number of rotatable bonds is 6. The lowest BCUT2D eigenvalue weighted by Gasteiger charge is -2.31. The molecule has 2 rings (SSSR count). The third kappa shape index (κ3) is 4.48. The number of nitrogens with one attached hydrogen (secondary N) is 1. The first-order valence-corrected chi connectivity index (χ1v) is 7.90. The van der Waals surface area contributed by atoms with Crippen molar-refractivity contribution in [2.24, 2.45) is 11.8 Å². The zero-order valence-electron chi connectivity index (χ0n) is 13.1. The molecule has 0 spiro atoms. The van der Waals surface area contributed by atoms with Crippen LogP contribution in [0.25, 0.3) is 0 Å². The average Bonchev–Trinajstić information content (AvgIpc) is 2.45. The van der Waals surface area contributed by atoms with Gasteiger partial charge in [0, 0.05) is 24.3 Å². The van der Waals surface area contributed by atoms with Crippen LogP contribution in [0, 0.1) is 11.8 Å². The summed E-state index contributed by atoms with van der Waals surface area (Å²) in [7, 11) is 1.69. The third-order valence-electron chi connectivity index (χ3n) is 4.21. The minimum atomic E-state index is 0.650. The Hall–Kier alpha value is -1.09. The Bertz CT molecular complexity index is 406. The minimum Gasteiger partial charge on any atom is -0.481 e. The van der Waals surface area contributed by atoms with E-state index in [4.69, 9.17) is 4.74 Å². The fourth-order valence-electron chi connectivity index (χ4n) is 3.35. The van der Waals surface area contributed by atoms with Crippen LogP contribution < -0.4 is 10.1 Å². The monoisotopic (exact) mass is 276 g/mol. The summed E-state index contributed by atoms with van der Waals surface area (Å²) in [4.78, 5) is 4.25. The van der Waals surface area contributed by atoms with E-state index in [1.165, 1.54) is 32.1 Å². The molecule has 0 aliphatic heterocycles. The Morgan fingerprint density at radius 2 is 2.25 bits per heavy atom. The van der Waals surface area contributed by atoms with Gasteiger partial charge in [-0.2, -0.15) is 0 Å². The molecule has 1 aliphatic rings. The smallest absolute Gasteiger partial charge is 0.217 e. The van der Waals surface area contributed by atoms with Gasteiger partial charge in [0.05, 0.1) is 7.11 Å². The number of pyridine rings is 1. The molecule has 1 N–H and O–H groups in total. The van der Waals surface area contributed by atoms with Crippen molar-refractivity contribution in [3.05, 3.63) is 23.9 Å². The van der Waals surface area contributed by atoms with Crippen LogP contribution in [-0.4, -0.2) is 18.1 Å². The Balaban J connectivity index is 1.84. The van der Waals surface area contributed by atoms with E-state index < -0.39 is 0 Å². The Kier molecular flexibility index (Phi) is 5.84. The molecule has 0 saturated heterocycles. The van der Waals surface area contributed by atoms with E-state index in [0.717, 1.165) is 29.8 Å². The molecule has 2 atom stereocenters. The molecule has 0 bridgehead atoms. The predicted molar refractivity (Wildman–Crippen MR) is 82.8 cm³/mol. The summed E-state index contributed by atoms with van der Waals surface area (Å²) >= 11 is 0. The summed E-state index contributed by atoms with van der Waals surface area (Å²) in [6.07, 6.45) is 8.54. The highest BCUT2D eigenvalue weighted by Gasteiger charge is 2.22. The lowest BCUT2D eigenvalue weighted by molar-refractivity contribution is 0.251. The van der Waals surface area contributed by atoms with Gasteiger partial charge < -0.3 is 10.1 Å². The Morgan fingerprint density at radius 1 is 1.40 bits per heavy atom. The van der Waals surface area contributed by atoms with Gasteiger partial charge in [-0.05, 0) is 37.2 Å². The molecule has 20 heavy (non-hydrogen) atoms. The van der Waals surface area contributed by atoms with E-state index in [1.807, 2.05) is 6.07 Å². The molecule has 1 fully saturated rings. The molecule has 1 heterocycles. The van der Waals surface area contributed by atoms with Crippen molar-refractivity contribution in [1.29, 1.82) is 0 Å².